The molecule has 14 heavy (non-hydrogen) atoms. The van der Waals surface area contributed by atoms with Crippen molar-refractivity contribution in [3.63, 3.8) is 0 Å². The Morgan fingerprint density at radius 3 is 2.71 bits per heavy atom. The Labute approximate surface area is 82.2 Å². The second-order valence-electron chi connectivity index (χ2n) is 3.34. The normalized spacial score (nSPS) is 10.5. The average molecular weight is 187 g/mol. The van der Waals surface area contributed by atoms with Crippen LogP contribution in [-0.2, 0) is 0 Å². The Bertz CT molecular complexity index is 471. The van der Waals surface area contributed by atoms with Crippen LogP contribution in [0.5, 0.6) is 0 Å². The third-order valence-electron chi connectivity index (χ3n) is 2.14. The van der Waals surface area contributed by atoms with E-state index in [9.17, 15) is 0 Å². The summed E-state index contributed by atoms with van der Waals surface area (Å²) in [6.45, 7) is 1.95. The standard InChI is InChI=1S/C10H10BNO2/c1-7-4-8-5-9(11(13)14)2-3-10(8)12-6-7/h2-6,13-14H,1H3. The van der Waals surface area contributed by atoms with E-state index in [4.69, 9.17) is 10.0 Å². The first-order chi connectivity index (χ1) is 6.66. The summed E-state index contributed by atoms with van der Waals surface area (Å²) in [7, 11) is -1.42. The van der Waals surface area contributed by atoms with Crippen molar-refractivity contribution >= 4 is 23.5 Å². The first kappa shape index (κ1) is 9.18. The number of benzene rings is 1. The topological polar surface area (TPSA) is 53.4 Å². The molecule has 0 saturated heterocycles. The minimum atomic E-state index is -1.42. The number of hydrogen-bond acceptors (Lipinski definition) is 3. The van der Waals surface area contributed by atoms with Gasteiger partial charge in [-0.2, -0.15) is 0 Å². The fourth-order valence-electron chi connectivity index (χ4n) is 1.42. The van der Waals surface area contributed by atoms with Crippen LogP contribution in [0.1, 0.15) is 5.56 Å². The van der Waals surface area contributed by atoms with Crippen LogP contribution in [0.4, 0.5) is 0 Å². The van der Waals surface area contributed by atoms with E-state index in [0.29, 0.717) is 5.46 Å². The van der Waals surface area contributed by atoms with E-state index in [-0.39, 0.29) is 0 Å². The lowest BCUT2D eigenvalue weighted by Crippen LogP contribution is -2.29. The summed E-state index contributed by atoms with van der Waals surface area (Å²) in [5, 5.41) is 18.9. The molecule has 0 atom stereocenters. The molecule has 0 fully saturated rings. The van der Waals surface area contributed by atoms with Crippen LogP contribution in [0, 0.1) is 6.92 Å². The molecular weight excluding hydrogens is 177 g/mol. The van der Waals surface area contributed by atoms with Crippen molar-refractivity contribution in [3.8, 4) is 0 Å². The van der Waals surface area contributed by atoms with Crippen molar-refractivity contribution in [1.82, 2.24) is 4.98 Å². The van der Waals surface area contributed by atoms with Gasteiger partial charge in [-0.25, -0.2) is 0 Å². The van der Waals surface area contributed by atoms with Gasteiger partial charge in [0.1, 0.15) is 0 Å². The van der Waals surface area contributed by atoms with Crippen LogP contribution in [0.15, 0.2) is 30.5 Å². The monoisotopic (exact) mass is 187 g/mol. The third kappa shape index (κ3) is 1.62. The van der Waals surface area contributed by atoms with Gasteiger partial charge in [-0.15, -0.1) is 0 Å². The Balaban J connectivity index is 2.63. The van der Waals surface area contributed by atoms with E-state index < -0.39 is 7.12 Å². The molecule has 0 unspecified atom stereocenters. The molecule has 0 aliphatic carbocycles. The van der Waals surface area contributed by atoms with Crippen molar-refractivity contribution < 1.29 is 10.0 Å². The fraction of sp³-hybridized carbons (Fsp3) is 0.100. The fourth-order valence-corrected chi connectivity index (χ4v) is 1.42. The zero-order chi connectivity index (χ0) is 10.1. The van der Waals surface area contributed by atoms with Gasteiger partial charge in [-0.05, 0) is 30.1 Å². The Morgan fingerprint density at radius 2 is 2.00 bits per heavy atom. The number of pyridine rings is 1. The molecule has 0 bridgehead atoms. The van der Waals surface area contributed by atoms with E-state index in [1.165, 1.54) is 0 Å². The minimum Gasteiger partial charge on any atom is -0.423 e. The molecule has 70 valence electrons. The van der Waals surface area contributed by atoms with Crippen molar-refractivity contribution in [1.29, 1.82) is 0 Å². The van der Waals surface area contributed by atoms with Crippen LogP contribution in [-0.4, -0.2) is 22.2 Å². The second kappa shape index (κ2) is 3.40. The predicted octanol–water partition coefficient (Wildman–Crippen LogP) is 0.223. The molecule has 0 radical (unpaired) electrons. The maximum Gasteiger partial charge on any atom is 0.488 e. The van der Waals surface area contributed by atoms with Gasteiger partial charge in [-0.3, -0.25) is 4.98 Å². The lowest BCUT2D eigenvalue weighted by Gasteiger charge is -2.02. The minimum absolute atomic E-state index is 0.491. The summed E-state index contributed by atoms with van der Waals surface area (Å²) in [5.41, 5.74) is 2.41. The molecule has 0 aliphatic heterocycles. The van der Waals surface area contributed by atoms with Crippen LogP contribution in [0.3, 0.4) is 0 Å². The van der Waals surface area contributed by atoms with Crippen LogP contribution in [0.2, 0.25) is 0 Å². The summed E-state index contributed by atoms with van der Waals surface area (Å²) in [6, 6.07) is 7.15. The van der Waals surface area contributed by atoms with Crippen LogP contribution < -0.4 is 5.46 Å². The van der Waals surface area contributed by atoms with E-state index in [1.807, 2.05) is 13.0 Å². The molecule has 1 heterocycles. The quantitative estimate of drug-likeness (QED) is 0.628. The van der Waals surface area contributed by atoms with Gasteiger partial charge >= 0.3 is 7.12 Å². The van der Waals surface area contributed by atoms with Crippen molar-refractivity contribution in [2.24, 2.45) is 0 Å². The summed E-state index contributed by atoms with van der Waals surface area (Å²) < 4.78 is 0. The molecule has 1 aromatic carbocycles. The van der Waals surface area contributed by atoms with E-state index in [2.05, 4.69) is 4.98 Å². The second-order valence-corrected chi connectivity index (χ2v) is 3.34. The van der Waals surface area contributed by atoms with E-state index in [0.717, 1.165) is 16.5 Å². The first-order valence-corrected chi connectivity index (χ1v) is 4.39. The SMILES string of the molecule is Cc1cnc2ccc(B(O)O)cc2c1. The number of rotatable bonds is 1. The molecule has 2 aromatic rings. The van der Waals surface area contributed by atoms with Crippen molar-refractivity contribution in [2.75, 3.05) is 0 Å². The van der Waals surface area contributed by atoms with Gasteiger partial charge in [0.25, 0.3) is 0 Å². The van der Waals surface area contributed by atoms with Crippen molar-refractivity contribution in [2.45, 2.75) is 6.92 Å². The molecule has 2 N–H and O–H groups in total. The van der Waals surface area contributed by atoms with E-state index in [1.54, 1.807) is 24.4 Å². The highest BCUT2D eigenvalue weighted by atomic mass is 16.4. The maximum absolute atomic E-state index is 8.99. The third-order valence-corrected chi connectivity index (χ3v) is 2.14. The highest BCUT2D eigenvalue weighted by Crippen LogP contribution is 2.10. The summed E-state index contributed by atoms with van der Waals surface area (Å²) in [4.78, 5) is 4.22. The molecule has 2 rings (SSSR count). The van der Waals surface area contributed by atoms with Crippen molar-refractivity contribution in [3.05, 3.63) is 36.0 Å². The van der Waals surface area contributed by atoms with Gasteiger partial charge in [0.15, 0.2) is 0 Å². The maximum atomic E-state index is 8.99. The molecule has 1 aromatic heterocycles. The molecular formula is C10H10BNO2. The van der Waals surface area contributed by atoms with Crippen LogP contribution >= 0.6 is 0 Å². The summed E-state index contributed by atoms with van der Waals surface area (Å²) >= 11 is 0. The smallest absolute Gasteiger partial charge is 0.423 e. The average Bonchev–Trinajstić information content (AvgIpc) is 2.16. The molecule has 0 spiro atoms. The zero-order valence-corrected chi connectivity index (χ0v) is 7.81. The zero-order valence-electron chi connectivity index (χ0n) is 7.81. The number of nitrogens with zero attached hydrogens (tertiary/aromatic N) is 1. The Hall–Kier alpha value is -1.39. The molecule has 0 saturated carbocycles. The Morgan fingerprint density at radius 1 is 1.21 bits per heavy atom. The summed E-state index contributed by atoms with van der Waals surface area (Å²) in [6.07, 6.45) is 1.79. The van der Waals surface area contributed by atoms with Gasteiger partial charge in [0, 0.05) is 11.6 Å². The summed E-state index contributed by atoms with van der Waals surface area (Å²) in [5.74, 6) is 0. The highest BCUT2D eigenvalue weighted by molar-refractivity contribution is 6.58. The number of hydrogen-bond donors (Lipinski definition) is 2. The first-order valence-electron chi connectivity index (χ1n) is 4.39. The van der Waals surface area contributed by atoms with E-state index >= 15 is 0 Å². The number of aryl methyl sites for hydroxylation is 1. The molecule has 0 aliphatic rings. The predicted molar refractivity (Wildman–Crippen MR) is 56.3 cm³/mol. The Kier molecular flexibility index (Phi) is 2.23. The number of fused-ring (bicyclic) bond motifs is 1. The van der Waals surface area contributed by atoms with Gasteiger partial charge in [-0.1, -0.05) is 12.1 Å². The largest absolute Gasteiger partial charge is 0.488 e. The van der Waals surface area contributed by atoms with Crippen LogP contribution in [0.25, 0.3) is 10.9 Å². The molecule has 4 heteroatoms. The van der Waals surface area contributed by atoms with Gasteiger partial charge in [0.2, 0.25) is 0 Å². The highest BCUT2D eigenvalue weighted by Gasteiger charge is 2.10. The number of aromatic nitrogens is 1. The lowest BCUT2D eigenvalue weighted by atomic mass is 9.80. The molecule has 3 nitrogen and oxygen atoms in total. The van der Waals surface area contributed by atoms with Gasteiger partial charge in [0.05, 0.1) is 5.52 Å². The molecule has 0 amide bonds. The lowest BCUT2D eigenvalue weighted by molar-refractivity contribution is 0.426. The van der Waals surface area contributed by atoms with Gasteiger partial charge < -0.3 is 10.0 Å².